The number of hydrogen-bond acceptors (Lipinski definition) is 8. The molecule has 6 N–H and O–H groups in total. The molecule has 1 aliphatic rings. The summed E-state index contributed by atoms with van der Waals surface area (Å²) in [5.74, 6) is 1.82. The van der Waals surface area contributed by atoms with Gasteiger partial charge in [-0.3, -0.25) is 9.80 Å². The van der Waals surface area contributed by atoms with Crippen molar-refractivity contribution in [3.63, 3.8) is 0 Å². The van der Waals surface area contributed by atoms with Crippen molar-refractivity contribution in [3.05, 3.63) is 182 Å². The van der Waals surface area contributed by atoms with Crippen LogP contribution in [0.25, 0.3) is 0 Å². The zero-order chi connectivity index (χ0) is 51.3. The van der Waals surface area contributed by atoms with Crippen LogP contribution in [0.3, 0.4) is 0 Å². The van der Waals surface area contributed by atoms with Gasteiger partial charge >= 0.3 is 30.2 Å². The van der Waals surface area contributed by atoms with Gasteiger partial charge in [0.2, 0.25) is 0 Å². The predicted octanol–water partition coefficient (Wildman–Crippen LogP) is 12.7. The molecule has 1 aliphatic heterocycles. The van der Waals surface area contributed by atoms with Gasteiger partial charge < -0.3 is 46.1 Å². The zero-order valence-corrected chi connectivity index (χ0v) is 40.3. The number of amides is 10. The van der Waals surface area contributed by atoms with E-state index in [1.165, 1.54) is 9.80 Å². The zero-order valence-electron chi connectivity index (χ0n) is 40.3. The number of urea groups is 5. The summed E-state index contributed by atoms with van der Waals surface area (Å²) in [5.41, 5.74) is 5.50. The van der Waals surface area contributed by atoms with E-state index in [-0.39, 0.29) is 5.69 Å². The van der Waals surface area contributed by atoms with E-state index in [1.807, 2.05) is 13.8 Å². The van der Waals surface area contributed by atoms with Gasteiger partial charge in [0.05, 0.1) is 5.69 Å². The Morgan fingerprint density at radius 3 is 1.06 bits per heavy atom. The van der Waals surface area contributed by atoms with Gasteiger partial charge in [0.15, 0.2) is 0 Å². The van der Waals surface area contributed by atoms with Crippen LogP contribution in [0.1, 0.15) is 23.6 Å². The van der Waals surface area contributed by atoms with E-state index < -0.39 is 36.3 Å². The molecule has 0 atom stereocenters. The molecule has 72 heavy (non-hydrogen) atoms. The quantitative estimate of drug-likeness (QED) is 0.0458. The SMILES string of the molecule is C=CCOc1ccc(NC(=O)Nc2cc(N3C(=O)N(c4ccc(C)c(NC(=O)Nc5ccc(OCC=C)cc5)c4)C(C)N(c4ccc(C)c(NC(=O)Nc5ccc(OCC=C)cc5)c4)C3=O)ccc2C)cc1. The van der Waals surface area contributed by atoms with Crippen LogP contribution in [0.4, 0.5) is 75.2 Å². The first-order chi connectivity index (χ1) is 34.7. The molecular weight excluding hydrogens is 915 g/mol. The van der Waals surface area contributed by atoms with Crippen LogP contribution < -0.4 is 60.8 Å². The van der Waals surface area contributed by atoms with Crippen molar-refractivity contribution in [1.82, 2.24) is 0 Å². The molecule has 0 unspecified atom stereocenters. The summed E-state index contributed by atoms with van der Waals surface area (Å²) >= 11 is 0. The monoisotopic (exact) mass is 969 g/mol. The first kappa shape index (κ1) is 50.4. The number of benzene rings is 6. The number of nitrogens with zero attached hydrogens (tertiary/aromatic N) is 3. The molecule has 368 valence electrons. The molecule has 0 saturated carbocycles. The third-order valence-electron chi connectivity index (χ3n) is 11.2. The molecule has 6 aromatic carbocycles. The molecule has 1 saturated heterocycles. The van der Waals surface area contributed by atoms with E-state index in [2.05, 4.69) is 51.6 Å². The lowest BCUT2D eigenvalue weighted by Gasteiger charge is -2.46. The Kier molecular flexibility index (Phi) is 16.2. The Morgan fingerprint density at radius 2 is 0.750 bits per heavy atom. The third kappa shape index (κ3) is 12.4. The van der Waals surface area contributed by atoms with E-state index >= 15 is 9.59 Å². The van der Waals surface area contributed by atoms with Crippen LogP contribution in [-0.4, -0.2) is 56.1 Å². The van der Waals surface area contributed by atoms with E-state index in [0.29, 0.717) is 99.3 Å². The van der Waals surface area contributed by atoms with E-state index in [4.69, 9.17) is 14.2 Å². The Labute approximate surface area is 417 Å². The van der Waals surface area contributed by atoms with Crippen molar-refractivity contribution >= 4 is 81.3 Å². The number of hydrogen-bond donors (Lipinski definition) is 6. The molecule has 10 amide bonds. The largest absolute Gasteiger partial charge is 0.490 e. The maximum atomic E-state index is 15.0. The molecular formula is C55H55N9O8. The van der Waals surface area contributed by atoms with Gasteiger partial charge in [-0.2, -0.15) is 0 Å². The number of rotatable bonds is 18. The van der Waals surface area contributed by atoms with Crippen molar-refractivity contribution in [2.75, 3.05) is 66.4 Å². The van der Waals surface area contributed by atoms with Crippen molar-refractivity contribution in [2.24, 2.45) is 0 Å². The van der Waals surface area contributed by atoms with Gasteiger partial charge in [-0.25, -0.2) is 28.9 Å². The Hall–Kier alpha value is -9.51. The fraction of sp³-hybridized carbons (Fsp3) is 0.145. The minimum Gasteiger partial charge on any atom is -0.490 e. The first-order valence-corrected chi connectivity index (χ1v) is 22.8. The highest BCUT2D eigenvalue weighted by Crippen LogP contribution is 2.37. The molecule has 1 heterocycles. The molecule has 0 spiro atoms. The number of anilines is 9. The van der Waals surface area contributed by atoms with Crippen molar-refractivity contribution in [1.29, 1.82) is 0 Å². The number of imide groups is 1. The number of aryl methyl sites for hydroxylation is 3. The van der Waals surface area contributed by atoms with Crippen LogP contribution in [0.2, 0.25) is 0 Å². The van der Waals surface area contributed by atoms with Gasteiger partial charge in [-0.15, -0.1) is 0 Å². The number of carbonyl (C=O) groups excluding carboxylic acids is 5. The second-order valence-electron chi connectivity index (χ2n) is 16.4. The predicted molar refractivity (Wildman–Crippen MR) is 286 cm³/mol. The van der Waals surface area contributed by atoms with Crippen LogP contribution in [0.5, 0.6) is 17.2 Å². The lowest BCUT2D eigenvalue weighted by molar-refractivity contribution is 0.231. The fourth-order valence-corrected chi connectivity index (χ4v) is 7.50. The standard InChI is InChI=1S/C55H55N9O8/c1-8-29-70-45-23-14-39(15-24-45)56-51(65)59-48-32-42(20-11-35(48)4)62-38(7)63(43-21-12-36(5)49(33-43)60-52(66)57-40-16-25-46(26-17-40)71-30-9-2)55(69)64(54(62)68)44-22-13-37(6)50(34-44)61-53(67)58-41-18-27-47(28-19-41)72-31-10-3/h8-28,32-34,38H,1-3,29-31H2,4-7H3,(H2,56,59,65)(H2,57,60,66)(H2,58,61,67). The molecule has 7 rings (SSSR count). The summed E-state index contributed by atoms with van der Waals surface area (Å²) in [7, 11) is 0. The van der Waals surface area contributed by atoms with Crippen LogP contribution in [-0.2, 0) is 0 Å². The topological polar surface area (TPSA) is 195 Å². The maximum absolute atomic E-state index is 15.0. The molecule has 1 fully saturated rings. The second kappa shape index (κ2) is 23.2. The minimum atomic E-state index is -0.971. The molecule has 17 heteroatoms. The van der Waals surface area contributed by atoms with Crippen LogP contribution in [0, 0.1) is 20.8 Å². The van der Waals surface area contributed by atoms with Gasteiger partial charge in [0, 0.05) is 45.5 Å². The van der Waals surface area contributed by atoms with Crippen molar-refractivity contribution in [3.8, 4) is 17.2 Å². The highest BCUT2D eigenvalue weighted by molar-refractivity contribution is 6.26. The lowest BCUT2D eigenvalue weighted by atomic mass is 10.1. The van der Waals surface area contributed by atoms with Crippen LogP contribution >= 0.6 is 0 Å². The molecule has 17 nitrogen and oxygen atoms in total. The van der Waals surface area contributed by atoms with Crippen LogP contribution in [0.15, 0.2) is 165 Å². The van der Waals surface area contributed by atoms with Gasteiger partial charge in [-0.05, 0) is 154 Å². The summed E-state index contributed by atoms with van der Waals surface area (Å²) in [6.45, 7) is 19.1. The van der Waals surface area contributed by atoms with E-state index in [9.17, 15) is 14.4 Å². The third-order valence-corrected chi connectivity index (χ3v) is 11.2. The van der Waals surface area contributed by atoms with Gasteiger partial charge in [0.1, 0.15) is 43.2 Å². The van der Waals surface area contributed by atoms with Gasteiger partial charge in [0.25, 0.3) is 0 Å². The molecule has 0 radical (unpaired) electrons. The molecule has 6 aromatic rings. The van der Waals surface area contributed by atoms with Crippen molar-refractivity contribution in [2.45, 2.75) is 33.9 Å². The summed E-state index contributed by atoms with van der Waals surface area (Å²) in [4.78, 5) is 74.1. The molecule has 0 bridgehead atoms. The first-order valence-electron chi connectivity index (χ1n) is 22.8. The molecule has 0 aliphatic carbocycles. The Bertz CT molecular complexity index is 2860. The minimum absolute atomic E-state index is 0.146. The normalized spacial score (nSPS) is 12.3. The molecule has 0 aromatic heterocycles. The second-order valence-corrected chi connectivity index (χ2v) is 16.4. The maximum Gasteiger partial charge on any atom is 0.339 e. The van der Waals surface area contributed by atoms with E-state index in [0.717, 1.165) is 4.90 Å². The van der Waals surface area contributed by atoms with Gasteiger partial charge in [-0.1, -0.05) is 56.2 Å². The van der Waals surface area contributed by atoms with Crippen molar-refractivity contribution < 1.29 is 38.2 Å². The summed E-state index contributed by atoms with van der Waals surface area (Å²) in [6.07, 6.45) is 3.93. The lowest BCUT2D eigenvalue weighted by Crippen LogP contribution is -2.66. The number of carbonyl (C=O) groups is 5. The smallest absolute Gasteiger partial charge is 0.339 e. The summed E-state index contributed by atoms with van der Waals surface area (Å²) in [6, 6.07) is 32.5. The summed E-state index contributed by atoms with van der Waals surface area (Å²) in [5, 5.41) is 17.1. The summed E-state index contributed by atoms with van der Waals surface area (Å²) < 4.78 is 16.7. The highest BCUT2D eigenvalue weighted by atomic mass is 16.5. The Balaban J connectivity index is 1.19. The number of nitrogens with one attached hydrogen (secondary N) is 6. The average Bonchev–Trinajstić information content (AvgIpc) is 3.36. The highest BCUT2D eigenvalue weighted by Gasteiger charge is 2.45. The fourth-order valence-electron chi connectivity index (χ4n) is 7.50. The van der Waals surface area contributed by atoms with E-state index in [1.54, 1.807) is 159 Å². The number of ether oxygens (including phenoxy) is 3. The Morgan fingerprint density at radius 1 is 0.458 bits per heavy atom. The average molecular weight is 970 g/mol.